The summed E-state index contributed by atoms with van der Waals surface area (Å²) in [7, 11) is -1.84. The van der Waals surface area contributed by atoms with Gasteiger partial charge < -0.3 is 0 Å². The summed E-state index contributed by atoms with van der Waals surface area (Å²) in [6.07, 6.45) is 5.62. The van der Waals surface area contributed by atoms with Crippen LogP contribution in [0.15, 0.2) is 46.5 Å². The van der Waals surface area contributed by atoms with Crippen LogP contribution in [-0.4, -0.2) is 43.3 Å². The van der Waals surface area contributed by atoms with Gasteiger partial charge in [-0.25, -0.2) is 13.4 Å². The summed E-state index contributed by atoms with van der Waals surface area (Å²) in [6, 6.07) is 9.48. The van der Waals surface area contributed by atoms with E-state index in [0.717, 1.165) is 15.9 Å². The van der Waals surface area contributed by atoms with Crippen LogP contribution in [0.4, 0.5) is 5.82 Å². The Morgan fingerprint density at radius 1 is 1.20 bits per heavy atom. The van der Waals surface area contributed by atoms with Gasteiger partial charge in [0.1, 0.15) is 0 Å². The molecule has 1 aromatic heterocycles. The standard InChI is InChI=1S/C13H14N4O2S/c1-14-9-12-10-17(20(2,18)19)16-13(12)15-8-11-6-4-3-5-7-11/h3-10H,1-2H3/b14-9-,15-8+. The zero-order valence-electron chi connectivity index (χ0n) is 11.1. The van der Waals surface area contributed by atoms with Gasteiger partial charge in [0.2, 0.25) is 0 Å². The molecule has 1 aromatic carbocycles. The minimum atomic E-state index is -3.44. The summed E-state index contributed by atoms with van der Waals surface area (Å²) in [5.74, 6) is 0.310. The smallest absolute Gasteiger partial charge is 0.250 e. The van der Waals surface area contributed by atoms with Crippen LogP contribution in [0.3, 0.4) is 0 Å². The van der Waals surface area contributed by atoms with Crippen molar-refractivity contribution in [2.45, 2.75) is 0 Å². The predicted octanol–water partition coefficient (Wildman–Crippen LogP) is 1.49. The number of aromatic nitrogens is 2. The Labute approximate surface area is 117 Å². The number of hydrogen-bond donors (Lipinski definition) is 0. The molecular formula is C13H14N4O2S. The van der Waals surface area contributed by atoms with Crippen molar-refractivity contribution in [2.75, 3.05) is 13.3 Å². The molecule has 0 amide bonds. The molecule has 0 saturated heterocycles. The lowest BCUT2D eigenvalue weighted by atomic mass is 10.2. The third kappa shape index (κ3) is 3.39. The molecule has 2 aromatic rings. The lowest BCUT2D eigenvalue weighted by Crippen LogP contribution is -2.10. The summed E-state index contributed by atoms with van der Waals surface area (Å²) < 4.78 is 23.9. The van der Waals surface area contributed by atoms with Crippen molar-refractivity contribution in [1.29, 1.82) is 0 Å². The van der Waals surface area contributed by atoms with E-state index in [1.807, 2.05) is 30.3 Å². The van der Waals surface area contributed by atoms with Gasteiger partial charge in [-0.15, -0.1) is 5.10 Å². The fraction of sp³-hybridized carbons (Fsp3) is 0.154. The number of benzene rings is 1. The fourth-order valence-corrected chi connectivity index (χ4v) is 2.06. The maximum Gasteiger partial charge on any atom is 0.250 e. The average molecular weight is 290 g/mol. The second kappa shape index (κ2) is 5.79. The van der Waals surface area contributed by atoms with E-state index in [4.69, 9.17) is 0 Å². The Bertz CT molecular complexity index is 746. The molecule has 0 spiro atoms. The van der Waals surface area contributed by atoms with Crippen LogP contribution in [0.2, 0.25) is 0 Å². The lowest BCUT2D eigenvalue weighted by molar-refractivity contribution is 0.586. The van der Waals surface area contributed by atoms with Crippen molar-refractivity contribution in [3.63, 3.8) is 0 Å². The molecule has 0 fully saturated rings. The number of nitrogens with zero attached hydrogens (tertiary/aromatic N) is 4. The molecule has 0 bridgehead atoms. The third-order valence-corrected chi connectivity index (χ3v) is 3.31. The Kier molecular flexibility index (Phi) is 4.09. The summed E-state index contributed by atoms with van der Waals surface area (Å²) in [4.78, 5) is 8.09. The summed E-state index contributed by atoms with van der Waals surface area (Å²) in [5, 5.41) is 3.95. The van der Waals surface area contributed by atoms with Crippen LogP contribution >= 0.6 is 0 Å². The monoisotopic (exact) mass is 290 g/mol. The molecule has 0 radical (unpaired) electrons. The zero-order chi connectivity index (χ0) is 14.6. The molecule has 0 unspecified atom stereocenters. The quantitative estimate of drug-likeness (QED) is 0.800. The van der Waals surface area contributed by atoms with E-state index in [1.165, 1.54) is 12.4 Å². The fourth-order valence-electron chi connectivity index (χ4n) is 1.53. The van der Waals surface area contributed by atoms with Gasteiger partial charge in [0, 0.05) is 19.5 Å². The van der Waals surface area contributed by atoms with Crippen molar-refractivity contribution in [2.24, 2.45) is 9.98 Å². The van der Waals surface area contributed by atoms with Crippen LogP contribution in [0, 0.1) is 0 Å². The Balaban J connectivity index is 2.40. The highest BCUT2D eigenvalue weighted by molar-refractivity contribution is 7.89. The van der Waals surface area contributed by atoms with Crippen molar-refractivity contribution in [3.8, 4) is 0 Å². The van der Waals surface area contributed by atoms with Gasteiger partial charge in [-0.1, -0.05) is 30.3 Å². The molecule has 2 rings (SSSR count). The van der Waals surface area contributed by atoms with Gasteiger partial charge in [-0.3, -0.25) is 4.99 Å². The third-order valence-electron chi connectivity index (χ3n) is 2.44. The Morgan fingerprint density at radius 2 is 1.90 bits per heavy atom. The first-order valence-electron chi connectivity index (χ1n) is 5.82. The zero-order valence-corrected chi connectivity index (χ0v) is 11.9. The molecule has 0 atom stereocenters. The van der Waals surface area contributed by atoms with Crippen LogP contribution in [-0.2, 0) is 10.0 Å². The predicted molar refractivity (Wildman–Crippen MR) is 79.7 cm³/mol. The van der Waals surface area contributed by atoms with Crippen molar-refractivity contribution in [3.05, 3.63) is 47.7 Å². The van der Waals surface area contributed by atoms with E-state index in [9.17, 15) is 8.42 Å². The van der Waals surface area contributed by atoms with E-state index < -0.39 is 10.0 Å². The molecule has 0 aliphatic carbocycles. The Morgan fingerprint density at radius 3 is 2.50 bits per heavy atom. The average Bonchev–Trinajstić information content (AvgIpc) is 2.81. The maximum absolute atomic E-state index is 11.5. The van der Waals surface area contributed by atoms with Crippen LogP contribution in [0.5, 0.6) is 0 Å². The molecule has 7 heteroatoms. The normalized spacial score (nSPS) is 12.5. The van der Waals surface area contributed by atoms with E-state index in [1.54, 1.807) is 13.3 Å². The minimum Gasteiger partial charge on any atom is -0.296 e. The van der Waals surface area contributed by atoms with E-state index in [0.29, 0.717) is 11.4 Å². The summed E-state index contributed by atoms with van der Waals surface area (Å²) in [5.41, 5.74) is 1.45. The second-order valence-corrected chi connectivity index (χ2v) is 5.94. The lowest BCUT2D eigenvalue weighted by Gasteiger charge is -1.93. The second-order valence-electron chi connectivity index (χ2n) is 4.10. The summed E-state index contributed by atoms with van der Waals surface area (Å²) >= 11 is 0. The molecule has 20 heavy (non-hydrogen) atoms. The molecular weight excluding hydrogens is 276 g/mol. The van der Waals surface area contributed by atoms with Crippen molar-refractivity contribution >= 4 is 28.3 Å². The van der Waals surface area contributed by atoms with E-state index >= 15 is 0 Å². The molecule has 0 aliphatic heterocycles. The molecule has 0 saturated carbocycles. The maximum atomic E-state index is 11.5. The van der Waals surface area contributed by atoms with Gasteiger partial charge >= 0.3 is 0 Å². The first-order chi connectivity index (χ1) is 9.50. The molecule has 0 N–H and O–H groups in total. The number of aliphatic imine (C=N–C) groups is 2. The van der Waals surface area contributed by atoms with Crippen LogP contribution in [0.1, 0.15) is 11.1 Å². The summed E-state index contributed by atoms with van der Waals surface area (Å²) in [6.45, 7) is 0. The highest BCUT2D eigenvalue weighted by Gasteiger charge is 2.12. The van der Waals surface area contributed by atoms with Crippen molar-refractivity contribution < 1.29 is 8.42 Å². The number of hydrogen-bond acceptors (Lipinski definition) is 5. The highest BCUT2D eigenvalue weighted by Crippen LogP contribution is 2.15. The van der Waals surface area contributed by atoms with E-state index in [-0.39, 0.29) is 0 Å². The van der Waals surface area contributed by atoms with Crippen LogP contribution in [0.25, 0.3) is 0 Å². The van der Waals surface area contributed by atoms with Gasteiger partial charge in [0.25, 0.3) is 10.0 Å². The topological polar surface area (TPSA) is 76.7 Å². The van der Waals surface area contributed by atoms with Crippen LogP contribution < -0.4 is 0 Å². The molecule has 6 nitrogen and oxygen atoms in total. The van der Waals surface area contributed by atoms with Gasteiger partial charge in [0.05, 0.1) is 18.0 Å². The molecule has 104 valence electrons. The van der Waals surface area contributed by atoms with Gasteiger partial charge in [0.15, 0.2) is 5.82 Å². The van der Waals surface area contributed by atoms with Gasteiger partial charge in [-0.2, -0.15) is 4.09 Å². The SMILES string of the molecule is C/N=C\c1cn(S(C)(=O)=O)nc1/N=C/c1ccccc1. The number of rotatable bonds is 4. The van der Waals surface area contributed by atoms with Crippen molar-refractivity contribution in [1.82, 2.24) is 9.19 Å². The highest BCUT2D eigenvalue weighted by atomic mass is 32.2. The largest absolute Gasteiger partial charge is 0.296 e. The van der Waals surface area contributed by atoms with Gasteiger partial charge in [-0.05, 0) is 5.56 Å². The Hall–Kier alpha value is -2.28. The molecule has 1 heterocycles. The first kappa shape index (κ1) is 14.1. The first-order valence-corrected chi connectivity index (χ1v) is 7.67. The van der Waals surface area contributed by atoms with E-state index in [2.05, 4.69) is 15.1 Å². The minimum absolute atomic E-state index is 0.310. The molecule has 0 aliphatic rings.